The third kappa shape index (κ3) is 3.94. The van der Waals surface area contributed by atoms with Gasteiger partial charge in [-0.1, -0.05) is 29.8 Å². The van der Waals surface area contributed by atoms with Gasteiger partial charge in [0.1, 0.15) is 5.82 Å². The molecule has 2 aromatic carbocycles. The number of rotatable bonds is 3. The lowest BCUT2D eigenvalue weighted by molar-refractivity contribution is -0.136. The second kappa shape index (κ2) is 8.03. The molecule has 1 atom stereocenters. The molecule has 0 saturated carbocycles. The van der Waals surface area contributed by atoms with Crippen molar-refractivity contribution in [1.82, 2.24) is 4.90 Å². The lowest BCUT2D eigenvalue weighted by Gasteiger charge is -2.37. The first kappa shape index (κ1) is 19.7. The smallest absolute Gasteiger partial charge is 0.228 e. The number of para-hydroxylation sites is 1. The Labute approximate surface area is 174 Å². The average molecular weight is 416 g/mol. The molecule has 2 aliphatic heterocycles. The van der Waals surface area contributed by atoms with E-state index < -0.39 is 11.7 Å². The van der Waals surface area contributed by atoms with Gasteiger partial charge in [0.15, 0.2) is 0 Å². The zero-order valence-electron chi connectivity index (χ0n) is 16.3. The summed E-state index contributed by atoms with van der Waals surface area (Å²) in [6.07, 6.45) is 0.126. The van der Waals surface area contributed by atoms with Crippen LogP contribution in [-0.2, 0) is 9.59 Å². The Hall–Kier alpha value is -2.60. The van der Waals surface area contributed by atoms with Crippen molar-refractivity contribution in [2.75, 3.05) is 42.5 Å². The fourth-order valence-electron chi connectivity index (χ4n) is 4.13. The SMILES string of the molecule is Cc1ccc(Cl)cc1N1CCN(C(=O)[C@@H]2CC(=O)N(c3ccccc3F)C2)CC1. The molecule has 0 bridgehead atoms. The molecule has 0 unspecified atom stereocenters. The third-order valence-electron chi connectivity index (χ3n) is 5.72. The van der Waals surface area contributed by atoms with Crippen LogP contribution in [0.15, 0.2) is 42.5 Å². The number of amides is 2. The van der Waals surface area contributed by atoms with E-state index in [0.29, 0.717) is 31.2 Å². The minimum Gasteiger partial charge on any atom is -0.368 e. The van der Waals surface area contributed by atoms with E-state index in [1.54, 1.807) is 18.2 Å². The largest absolute Gasteiger partial charge is 0.368 e. The lowest BCUT2D eigenvalue weighted by atomic mass is 10.1. The summed E-state index contributed by atoms with van der Waals surface area (Å²) in [7, 11) is 0. The molecule has 2 fully saturated rings. The topological polar surface area (TPSA) is 43.9 Å². The van der Waals surface area contributed by atoms with Crippen LogP contribution in [0.4, 0.5) is 15.8 Å². The van der Waals surface area contributed by atoms with E-state index in [1.165, 1.54) is 11.0 Å². The summed E-state index contributed by atoms with van der Waals surface area (Å²) in [5.74, 6) is -1.11. The highest BCUT2D eigenvalue weighted by Gasteiger charge is 2.38. The van der Waals surface area contributed by atoms with Gasteiger partial charge >= 0.3 is 0 Å². The van der Waals surface area contributed by atoms with E-state index in [1.807, 2.05) is 30.0 Å². The van der Waals surface area contributed by atoms with Crippen LogP contribution in [0.25, 0.3) is 0 Å². The van der Waals surface area contributed by atoms with Crippen LogP contribution in [-0.4, -0.2) is 49.4 Å². The van der Waals surface area contributed by atoms with Crippen molar-refractivity contribution in [3.05, 3.63) is 58.9 Å². The Bertz CT molecular complexity index is 943. The highest BCUT2D eigenvalue weighted by atomic mass is 35.5. The summed E-state index contributed by atoms with van der Waals surface area (Å²) in [6, 6.07) is 12.0. The molecule has 7 heteroatoms. The van der Waals surface area contributed by atoms with E-state index in [4.69, 9.17) is 11.6 Å². The number of nitrogens with zero attached hydrogens (tertiary/aromatic N) is 3. The number of carbonyl (C=O) groups is 2. The number of hydrogen-bond acceptors (Lipinski definition) is 3. The minimum atomic E-state index is -0.445. The fourth-order valence-corrected chi connectivity index (χ4v) is 4.29. The number of piperazine rings is 1. The van der Waals surface area contributed by atoms with Gasteiger partial charge in [-0.15, -0.1) is 0 Å². The highest BCUT2D eigenvalue weighted by Crippen LogP contribution is 2.29. The van der Waals surface area contributed by atoms with Crippen LogP contribution in [0.1, 0.15) is 12.0 Å². The predicted molar refractivity (Wildman–Crippen MR) is 112 cm³/mol. The molecule has 2 aromatic rings. The van der Waals surface area contributed by atoms with Crippen molar-refractivity contribution < 1.29 is 14.0 Å². The zero-order chi connectivity index (χ0) is 20.5. The second-order valence-corrected chi connectivity index (χ2v) is 8.04. The molecule has 2 aliphatic rings. The minimum absolute atomic E-state index is 0.0281. The van der Waals surface area contributed by atoms with Crippen molar-refractivity contribution >= 4 is 34.8 Å². The number of aryl methyl sites for hydroxylation is 1. The molecule has 0 N–H and O–H groups in total. The quantitative estimate of drug-likeness (QED) is 0.770. The van der Waals surface area contributed by atoms with E-state index >= 15 is 0 Å². The van der Waals surface area contributed by atoms with Gasteiger partial charge in [0.05, 0.1) is 11.6 Å². The number of hydrogen-bond donors (Lipinski definition) is 0. The standard InChI is InChI=1S/C22H23ClFN3O2/c1-15-6-7-17(23)13-20(15)25-8-10-26(11-9-25)22(29)16-12-21(28)27(14-16)19-5-3-2-4-18(19)24/h2-7,13,16H,8-12,14H2,1H3/t16-/m1/s1. The summed E-state index contributed by atoms with van der Waals surface area (Å²) >= 11 is 6.14. The Morgan fingerprint density at radius 2 is 1.79 bits per heavy atom. The van der Waals surface area contributed by atoms with Crippen LogP contribution in [0.3, 0.4) is 0 Å². The summed E-state index contributed by atoms with van der Waals surface area (Å²) in [6.45, 7) is 4.89. The van der Waals surface area contributed by atoms with Gasteiger partial charge in [0.2, 0.25) is 11.8 Å². The van der Waals surface area contributed by atoms with E-state index in [2.05, 4.69) is 4.90 Å². The van der Waals surface area contributed by atoms with Crippen LogP contribution in [0, 0.1) is 18.7 Å². The molecule has 5 nitrogen and oxygen atoms in total. The molecule has 29 heavy (non-hydrogen) atoms. The Morgan fingerprint density at radius 1 is 1.07 bits per heavy atom. The van der Waals surface area contributed by atoms with Crippen LogP contribution in [0.5, 0.6) is 0 Å². The first-order valence-electron chi connectivity index (χ1n) is 9.79. The molecule has 2 saturated heterocycles. The van der Waals surface area contributed by atoms with E-state index in [0.717, 1.165) is 11.3 Å². The third-order valence-corrected chi connectivity index (χ3v) is 5.96. The molecule has 2 amide bonds. The van der Waals surface area contributed by atoms with Crippen LogP contribution >= 0.6 is 11.6 Å². The van der Waals surface area contributed by atoms with Gasteiger partial charge in [-0.25, -0.2) is 4.39 Å². The van der Waals surface area contributed by atoms with E-state index in [9.17, 15) is 14.0 Å². The lowest BCUT2D eigenvalue weighted by Crippen LogP contribution is -2.50. The van der Waals surface area contributed by atoms with Crippen LogP contribution < -0.4 is 9.80 Å². The number of halogens is 2. The van der Waals surface area contributed by atoms with Gasteiger partial charge in [-0.2, -0.15) is 0 Å². The van der Waals surface area contributed by atoms with Crippen molar-refractivity contribution in [3.8, 4) is 0 Å². The average Bonchev–Trinajstić information content (AvgIpc) is 3.11. The van der Waals surface area contributed by atoms with E-state index in [-0.39, 0.29) is 30.5 Å². The van der Waals surface area contributed by atoms with Crippen molar-refractivity contribution in [2.24, 2.45) is 5.92 Å². The monoisotopic (exact) mass is 415 g/mol. The zero-order valence-corrected chi connectivity index (χ0v) is 17.0. The Kier molecular flexibility index (Phi) is 5.46. The maximum absolute atomic E-state index is 14.1. The number of benzene rings is 2. The van der Waals surface area contributed by atoms with Gasteiger partial charge in [0, 0.05) is 49.9 Å². The van der Waals surface area contributed by atoms with Gasteiger partial charge in [-0.05, 0) is 36.8 Å². The summed E-state index contributed by atoms with van der Waals surface area (Å²) in [5, 5.41) is 0.696. The number of anilines is 2. The van der Waals surface area contributed by atoms with Crippen molar-refractivity contribution in [2.45, 2.75) is 13.3 Å². The van der Waals surface area contributed by atoms with Gasteiger partial charge < -0.3 is 14.7 Å². The molecule has 0 aliphatic carbocycles. The summed E-state index contributed by atoms with van der Waals surface area (Å²) in [4.78, 5) is 30.8. The fraction of sp³-hybridized carbons (Fsp3) is 0.364. The molecule has 4 rings (SSSR count). The normalized spacial score (nSPS) is 19.8. The Balaban J connectivity index is 1.39. The molecular formula is C22H23ClFN3O2. The summed E-state index contributed by atoms with van der Waals surface area (Å²) < 4.78 is 14.1. The maximum atomic E-state index is 14.1. The molecular weight excluding hydrogens is 393 g/mol. The molecule has 0 spiro atoms. The number of carbonyl (C=O) groups excluding carboxylic acids is 2. The van der Waals surface area contributed by atoms with Gasteiger partial charge in [0.25, 0.3) is 0 Å². The molecule has 0 aromatic heterocycles. The van der Waals surface area contributed by atoms with Gasteiger partial charge in [-0.3, -0.25) is 9.59 Å². The molecule has 0 radical (unpaired) electrons. The highest BCUT2D eigenvalue weighted by molar-refractivity contribution is 6.30. The molecule has 2 heterocycles. The maximum Gasteiger partial charge on any atom is 0.228 e. The predicted octanol–water partition coefficient (Wildman–Crippen LogP) is 3.49. The van der Waals surface area contributed by atoms with Crippen molar-refractivity contribution in [3.63, 3.8) is 0 Å². The Morgan fingerprint density at radius 3 is 2.52 bits per heavy atom. The van der Waals surface area contributed by atoms with Crippen molar-refractivity contribution in [1.29, 1.82) is 0 Å². The molecule has 152 valence electrons. The first-order valence-corrected chi connectivity index (χ1v) is 10.2. The second-order valence-electron chi connectivity index (χ2n) is 7.60. The van der Waals surface area contributed by atoms with Crippen LogP contribution in [0.2, 0.25) is 5.02 Å². The first-order chi connectivity index (χ1) is 13.9. The summed E-state index contributed by atoms with van der Waals surface area (Å²) in [5.41, 5.74) is 2.48.